The number of hydrogen-bond donors (Lipinski definition) is 2. The number of carboxylic acid groups (broad SMARTS) is 1. The zero-order valence-corrected chi connectivity index (χ0v) is 8.14. The molecular formula is C10H8N2O4. The maximum Gasteiger partial charge on any atom is 0.337 e. The highest BCUT2D eigenvalue weighted by Gasteiger charge is 2.35. The molecule has 1 heterocycles. The van der Waals surface area contributed by atoms with Crippen LogP contribution >= 0.6 is 0 Å². The third kappa shape index (κ3) is 1.60. The molecule has 0 radical (unpaired) electrons. The number of hydrazine groups is 1. The molecule has 1 aromatic rings. The molecule has 2 rings (SSSR count). The molecule has 1 aromatic carbocycles. The summed E-state index contributed by atoms with van der Waals surface area (Å²) in [6, 6.07) is 6.06. The number of carbonyl (C=O) groups excluding carboxylic acids is 2. The molecule has 0 aliphatic carbocycles. The highest BCUT2D eigenvalue weighted by Crippen LogP contribution is 2.19. The minimum absolute atomic E-state index is 0.00926. The van der Waals surface area contributed by atoms with Crippen LogP contribution in [0.5, 0.6) is 0 Å². The van der Waals surface area contributed by atoms with Gasteiger partial charge in [0.05, 0.1) is 11.3 Å². The Balaban J connectivity index is 2.24. The predicted molar refractivity (Wildman–Crippen MR) is 53.5 cm³/mol. The van der Waals surface area contributed by atoms with E-state index in [1.165, 1.54) is 12.1 Å². The lowest BCUT2D eigenvalue weighted by atomic mass is 10.2. The van der Waals surface area contributed by atoms with Crippen LogP contribution in [0.15, 0.2) is 24.3 Å². The largest absolute Gasteiger partial charge is 0.478 e. The fourth-order valence-corrected chi connectivity index (χ4v) is 1.35. The van der Waals surface area contributed by atoms with Crippen molar-refractivity contribution in [1.82, 2.24) is 5.01 Å². The summed E-state index contributed by atoms with van der Waals surface area (Å²) in [4.78, 5) is 32.9. The molecule has 1 aliphatic rings. The van der Waals surface area contributed by atoms with Crippen LogP contribution in [-0.4, -0.2) is 27.9 Å². The number of nitrogens with zero attached hydrogens (tertiary/aromatic N) is 1. The molecule has 1 fully saturated rings. The summed E-state index contributed by atoms with van der Waals surface area (Å²) in [5, 5.41) is 9.68. The predicted octanol–water partition coefficient (Wildman–Crippen LogP) is 0.471. The molecule has 16 heavy (non-hydrogen) atoms. The van der Waals surface area contributed by atoms with E-state index in [0.717, 1.165) is 5.01 Å². The number of aromatic carboxylic acids is 1. The quantitative estimate of drug-likeness (QED) is 0.571. The van der Waals surface area contributed by atoms with Crippen molar-refractivity contribution >= 4 is 23.5 Å². The van der Waals surface area contributed by atoms with Gasteiger partial charge in [-0.3, -0.25) is 15.0 Å². The third-order valence-electron chi connectivity index (χ3n) is 2.19. The van der Waals surface area contributed by atoms with Gasteiger partial charge in [0.15, 0.2) is 0 Å². The van der Waals surface area contributed by atoms with Crippen LogP contribution in [0.25, 0.3) is 0 Å². The van der Waals surface area contributed by atoms with Crippen LogP contribution in [0.3, 0.4) is 0 Å². The molecule has 0 spiro atoms. The van der Waals surface area contributed by atoms with Gasteiger partial charge >= 0.3 is 5.97 Å². The maximum atomic E-state index is 11.0. The number of carbonyl (C=O) groups is 3. The molecule has 0 saturated carbocycles. The normalized spacial score (nSPS) is 14.6. The topological polar surface area (TPSA) is 86.7 Å². The summed E-state index contributed by atoms with van der Waals surface area (Å²) >= 11 is 0. The Morgan fingerprint density at radius 3 is 2.44 bits per heavy atom. The van der Waals surface area contributed by atoms with Crippen LogP contribution in [0.4, 0.5) is 5.69 Å². The summed E-state index contributed by atoms with van der Waals surface area (Å²) < 4.78 is 0. The number of rotatable bonds is 3. The number of nitrogens with one attached hydrogen (secondary N) is 1. The number of carboxylic acids is 1. The molecule has 2 N–H and O–H groups in total. The molecule has 2 amide bonds. The summed E-state index contributed by atoms with van der Waals surface area (Å²) in [6.07, 6.45) is -0.137. The average Bonchev–Trinajstić information content (AvgIpc) is 2.26. The van der Waals surface area contributed by atoms with Crippen LogP contribution in [0.2, 0.25) is 0 Å². The van der Waals surface area contributed by atoms with E-state index in [1.54, 1.807) is 12.1 Å². The Morgan fingerprint density at radius 1 is 1.25 bits per heavy atom. The Bertz CT molecular complexity index is 469. The zero-order valence-electron chi connectivity index (χ0n) is 8.14. The van der Waals surface area contributed by atoms with Gasteiger partial charge in [0, 0.05) is 0 Å². The summed E-state index contributed by atoms with van der Waals surface area (Å²) in [5.74, 6) is -1.86. The van der Waals surface area contributed by atoms with E-state index in [9.17, 15) is 14.4 Å². The fraction of sp³-hybridized carbons (Fsp3) is 0.100. The number of β-lactam (4-membered cyclic amide) rings is 2. The second-order valence-corrected chi connectivity index (χ2v) is 3.26. The summed E-state index contributed by atoms with van der Waals surface area (Å²) in [5.41, 5.74) is 2.71. The van der Waals surface area contributed by atoms with Gasteiger partial charge in [0.1, 0.15) is 6.42 Å². The van der Waals surface area contributed by atoms with Gasteiger partial charge in [-0.05, 0) is 12.1 Å². The molecule has 0 aromatic heterocycles. The molecule has 0 bridgehead atoms. The first kappa shape index (κ1) is 10.2. The Morgan fingerprint density at radius 2 is 1.88 bits per heavy atom. The molecule has 6 heteroatoms. The SMILES string of the molecule is O=C(O)c1ccccc1NN1C(=O)CC1=O. The lowest BCUT2D eigenvalue weighted by Crippen LogP contribution is -2.52. The van der Waals surface area contributed by atoms with E-state index in [2.05, 4.69) is 5.43 Å². The van der Waals surface area contributed by atoms with E-state index in [4.69, 9.17) is 5.11 Å². The lowest BCUT2D eigenvalue weighted by Gasteiger charge is -2.29. The summed E-state index contributed by atoms with van der Waals surface area (Å²) in [6.45, 7) is 0. The van der Waals surface area contributed by atoms with Crippen molar-refractivity contribution in [2.45, 2.75) is 6.42 Å². The van der Waals surface area contributed by atoms with Gasteiger partial charge in [-0.15, -0.1) is 0 Å². The number of amides is 2. The molecule has 6 nitrogen and oxygen atoms in total. The fourth-order valence-electron chi connectivity index (χ4n) is 1.35. The van der Waals surface area contributed by atoms with Gasteiger partial charge in [-0.1, -0.05) is 12.1 Å². The van der Waals surface area contributed by atoms with E-state index in [-0.39, 0.29) is 29.5 Å². The molecule has 1 aliphatic heterocycles. The Labute approximate surface area is 90.4 Å². The van der Waals surface area contributed by atoms with Crippen molar-refractivity contribution < 1.29 is 19.5 Å². The van der Waals surface area contributed by atoms with Crippen molar-refractivity contribution in [2.24, 2.45) is 0 Å². The van der Waals surface area contributed by atoms with E-state index >= 15 is 0 Å². The van der Waals surface area contributed by atoms with Crippen molar-refractivity contribution in [1.29, 1.82) is 0 Å². The number of hydrogen-bond acceptors (Lipinski definition) is 4. The first-order chi connectivity index (χ1) is 7.59. The van der Waals surface area contributed by atoms with Gasteiger partial charge in [-0.25, -0.2) is 4.79 Å². The Hall–Kier alpha value is -2.37. The van der Waals surface area contributed by atoms with Crippen molar-refractivity contribution in [3.05, 3.63) is 29.8 Å². The van der Waals surface area contributed by atoms with Gasteiger partial charge in [-0.2, -0.15) is 5.01 Å². The molecule has 1 saturated heterocycles. The smallest absolute Gasteiger partial charge is 0.337 e. The minimum atomic E-state index is -1.12. The van der Waals surface area contributed by atoms with E-state index < -0.39 is 5.97 Å². The van der Waals surface area contributed by atoms with Gasteiger partial charge in [0.2, 0.25) is 0 Å². The summed E-state index contributed by atoms with van der Waals surface area (Å²) in [7, 11) is 0. The number of para-hydroxylation sites is 1. The minimum Gasteiger partial charge on any atom is -0.478 e. The van der Waals surface area contributed by atoms with Crippen LogP contribution < -0.4 is 5.43 Å². The molecular weight excluding hydrogens is 212 g/mol. The Kier molecular flexibility index (Phi) is 2.32. The van der Waals surface area contributed by atoms with Crippen molar-refractivity contribution in [3.63, 3.8) is 0 Å². The van der Waals surface area contributed by atoms with Crippen molar-refractivity contribution in [2.75, 3.05) is 5.43 Å². The first-order valence-corrected chi connectivity index (χ1v) is 4.54. The third-order valence-corrected chi connectivity index (χ3v) is 2.19. The zero-order chi connectivity index (χ0) is 11.7. The first-order valence-electron chi connectivity index (χ1n) is 4.54. The average molecular weight is 220 g/mol. The number of anilines is 1. The van der Waals surface area contributed by atoms with Crippen LogP contribution in [0.1, 0.15) is 16.8 Å². The van der Waals surface area contributed by atoms with Gasteiger partial charge in [0.25, 0.3) is 11.8 Å². The maximum absolute atomic E-state index is 11.0. The highest BCUT2D eigenvalue weighted by atomic mass is 16.4. The van der Waals surface area contributed by atoms with Gasteiger partial charge < -0.3 is 5.11 Å². The highest BCUT2D eigenvalue weighted by molar-refractivity contribution is 6.15. The molecule has 0 unspecified atom stereocenters. The lowest BCUT2D eigenvalue weighted by molar-refractivity contribution is -0.155. The van der Waals surface area contributed by atoms with Crippen LogP contribution in [-0.2, 0) is 9.59 Å². The monoisotopic (exact) mass is 220 g/mol. The second kappa shape index (κ2) is 3.65. The number of benzene rings is 1. The molecule has 0 atom stereocenters. The van der Waals surface area contributed by atoms with E-state index in [1.807, 2.05) is 0 Å². The number of imide groups is 1. The molecule has 82 valence electrons. The van der Waals surface area contributed by atoms with Crippen LogP contribution in [0, 0.1) is 0 Å². The second-order valence-electron chi connectivity index (χ2n) is 3.26. The van der Waals surface area contributed by atoms with E-state index in [0.29, 0.717) is 0 Å². The standard InChI is InChI=1S/C10H8N2O4/c13-8-5-9(14)12(8)11-7-4-2-1-3-6(7)10(15)16/h1-4,11H,5H2,(H,15,16). The van der Waals surface area contributed by atoms with Crippen molar-refractivity contribution in [3.8, 4) is 0 Å².